The second-order valence-corrected chi connectivity index (χ2v) is 19.3. The molecular formula is C51H80N6O8S. The minimum Gasteiger partial charge on any atom is -0.480 e. The van der Waals surface area contributed by atoms with Crippen molar-refractivity contribution in [3.8, 4) is 0 Å². The Morgan fingerprint density at radius 3 is 1.24 bits per heavy atom. The van der Waals surface area contributed by atoms with Gasteiger partial charge in [-0.15, -0.1) is 0 Å². The van der Waals surface area contributed by atoms with Crippen LogP contribution in [0, 0.1) is 11.8 Å². The number of nitrogens with two attached hydrogens (primary N) is 1. The van der Waals surface area contributed by atoms with Gasteiger partial charge in [0.2, 0.25) is 35.4 Å². The first kappa shape index (κ1) is 57.2. The van der Waals surface area contributed by atoms with Crippen LogP contribution in [0.15, 0.2) is 60.7 Å². The summed E-state index contributed by atoms with van der Waals surface area (Å²) < 4.78 is 0. The van der Waals surface area contributed by atoms with Crippen LogP contribution < -0.4 is 32.3 Å². The molecule has 0 aliphatic rings. The van der Waals surface area contributed by atoms with Crippen molar-refractivity contribution in [3.05, 3.63) is 71.8 Å². The van der Waals surface area contributed by atoms with E-state index in [4.69, 9.17) is 5.73 Å². The smallest absolute Gasteiger partial charge is 0.326 e. The van der Waals surface area contributed by atoms with Crippen LogP contribution in [-0.2, 0) is 46.4 Å². The molecule has 0 radical (unpaired) electrons. The first-order valence-corrected chi connectivity index (χ1v) is 25.6. The molecule has 8 N–H and O–H groups in total. The number of carboxylic acid groups (broad SMARTS) is 1. The molecule has 0 aromatic heterocycles. The number of carboxylic acids is 1. The van der Waals surface area contributed by atoms with E-state index in [1.54, 1.807) is 11.8 Å². The van der Waals surface area contributed by atoms with Crippen molar-refractivity contribution in [1.82, 2.24) is 26.6 Å². The van der Waals surface area contributed by atoms with Gasteiger partial charge in [-0.05, 0) is 67.1 Å². The molecule has 66 heavy (non-hydrogen) atoms. The number of hydrogen-bond donors (Lipinski definition) is 7. The highest BCUT2D eigenvalue weighted by atomic mass is 32.2. The summed E-state index contributed by atoms with van der Waals surface area (Å²) in [5, 5.41) is 23.7. The van der Waals surface area contributed by atoms with E-state index in [9.17, 15) is 38.7 Å². The van der Waals surface area contributed by atoms with Gasteiger partial charge < -0.3 is 37.4 Å². The summed E-state index contributed by atoms with van der Waals surface area (Å²) in [6.07, 6.45) is 16.2. The molecule has 0 bridgehead atoms. The number of carbonyl (C=O) groups excluding carboxylic acids is 6. The van der Waals surface area contributed by atoms with Crippen LogP contribution in [0.4, 0.5) is 0 Å². The molecule has 368 valence electrons. The molecule has 2 aromatic rings. The summed E-state index contributed by atoms with van der Waals surface area (Å²) in [6, 6.07) is 13.9. The van der Waals surface area contributed by atoms with Crippen molar-refractivity contribution < 1.29 is 38.7 Å². The van der Waals surface area contributed by atoms with E-state index in [2.05, 4.69) is 26.6 Å². The fourth-order valence-corrected chi connectivity index (χ4v) is 8.19. The number of hydrogen-bond acceptors (Lipinski definition) is 8. The van der Waals surface area contributed by atoms with E-state index in [1.165, 1.54) is 0 Å². The second-order valence-electron chi connectivity index (χ2n) is 18.3. The van der Waals surface area contributed by atoms with Crippen LogP contribution in [0.25, 0.3) is 0 Å². The summed E-state index contributed by atoms with van der Waals surface area (Å²) in [5.74, 6) is -2.73. The second kappa shape index (κ2) is 33.5. The maximum atomic E-state index is 13.6. The largest absolute Gasteiger partial charge is 0.480 e. The van der Waals surface area contributed by atoms with Crippen molar-refractivity contribution in [2.45, 2.75) is 180 Å². The Morgan fingerprint density at radius 1 is 0.500 bits per heavy atom. The highest BCUT2D eigenvalue weighted by Crippen LogP contribution is 2.15. The molecule has 0 aliphatic heterocycles. The molecule has 0 unspecified atom stereocenters. The fourth-order valence-electron chi connectivity index (χ4n) is 7.72. The van der Waals surface area contributed by atoms with Crippen molar-refractivity contribution in [3.63, 3.8) is 0 Å². The van der Waals surface area contributed by atoms with Gasteiger partial charge in [0, 0.05) is 25.7 Å². The van der Waals surface area contributed by atoms with Gasteiger partial charge in [-0.3, -0.25) is 28.8 Å². The van der Waals surface area contributed by atoms with Gasteiger partial charge in [0.05, 0.1) is 0 Å². The van der Waals surface area contributed by atoms with E-state index in [0.717, 1.165) is 88.2 Å². The van der Waals surface area contributed by atoms with Crippen molar-refractivity contribution in [2.75, 3.05) is 12.0 Å². The summed E-state index contributed by atoms with van der Waals surface area (Å²) >= 11 is 1.56. The van der Waals surface area contributed by atoms with Gasteiger partial charge in [0.25, 0.3) is 0 Å². The Balaban J connectivity index is 1.63. The Bertz CT molecular complexity index is 1750. The van der Waals surface area contributed by atoms with Gasteiger partial charge in [-0.1, -0.05) is 153 Å². The Hall–Kier alpha value is -4.92. The maximum Gasteiger partial charge on any atom is 0.326 e. The average molecular weight is 937 g/mol. The summed E-state index contributed by atoms with van der Waals surface area (Å²) in [6.45, 7) is 7.83. The minimum atomic E-state index is -1.12. The zero-order valence-corrected chi connectivity index (χ0v) is 41.1. The number of thioether (sulfide) groups is 1. The zero-order chi connectivity index (χ0) is 48.7. The molecule has 14 nitrogen and oxygen atoms in total. The number of nitrogens with one attached hydrogen (secondary N) is 5. The van der Waals surface area contributed by atoms with E-state index in [0.29, 0.717) is 37.9 Å². The molecule has 0 spiro atoms. The van der Waals surface area contributed by atoms with Gasteiger partial charge in [0.1, 0.15) is 30.2 Å². The lowest BCUT2D eigenvalue weighted by Crippen LogP contribution is -2.57. The van der Waals surface area contributed by atoms with E-state index in [1.807, 2.05) is 94.6 Å². The third-order valence-corrected chi connectivity index (χ3v) is 12.0. The predicted molar refractivity (Wildman–Crippen MR) is 263 cm³/mol. The molecule has 0 fully saturated rings. The van der Waals surface area contributed by atoms with E-state index in [-0.39, 0.29) is 36.5 Å². The van der Waals surface area contributed by atoms with E-state index < -0.39 is 59.8 Å². The molecule has 15 heteroatoms. The molecule has 2 rings (SSSR count). The number of benzene rings is 2. The maximum absolute atomic E-state index is 13.6. The van der Waals surface area contributed by atoms with Crippen LogP contribution in [-0.4, -0.2) is 88.7 Å². The molecular weight excluding hydrogens is 857 g/mol. The summed E-state index contributed by atoms with van der Waals surface area (Å²) in [7, 11) is 0. The SMILES string of the molecule is CSCC[C@H](NC(=O)CCCCCCCCCCCCCCC(=O)N[C@@H](CC(C)C)C(=O)N[C@@H](CC(C)C)C(=O)N[C@@H](Cc1ccccc1)C(N)=O)C(=O)N[C@@H](Cc1ccccc1)C(=O)O. The Kier molecular flexibility index (Phi) is 29.1. The normalized spacial score (nSPS) is 13.5. The molecule has 0 aliphatic carbocycles. The standard InChI is InChI=1S/C51H80N6O8S/c1-36(2)32-42(49(62)56-43(33-37(3)4)50(63)55-41(47(52)60)34-38-24-18-16-19-25-38)54-46(59)29-23-15-13-11-9-7-6-8-10-12-14-22-28-45(58)53-40(30-31-66-5)48(61)57-44(51(64)65)35-39-26-20-17-21-27-39/h16-21,24-27,36-37,40-44H,6-15,22-23,28-35H2,1-5H3,(H2,52,60)(H,53,58)(H,54,59)(H,55,63)(H,56,62)(H,57,61)(H,64,65)/t40-,41-,42-,43-,44-/m0/s1. The first-order chi connectivity index (χ1) is 31.6. The Morgan fingerprint density at radius 2 is 0.848 bits per heavy atom. The van der Waals surface area contributed by atoms with Gasteiger partial charge in [-0.25, -0.2) is 4.79 Å². The summed E-state index contributed by atoms with van der Waals surface area (Å²) in [5.41, 5.74) is 7.29. The quantitative estimate of drug-likeness (QED) is 0.0358. The molecule has 2 aromatic carbocycles. The predicted octanol–water partition coefficient (Wildman–Crippen LogP) is 6.77. The minimum absolute atomic E-state index is 0.0686. The number of aliphatic carboxylic acids is 1. The highest BCUT2D eigenvalue weighted by Gasteiger charge is 2.30. The third kappa shape index (κ3) is 25.7. The summed E-state index contributed by atoms with van der Waals surface area (Å²) in [4.78, 5) is 89.9. The fraction of sp³-hybridized carbons (Fsp3) is 0.627. The first-order valence-electron chi connectivity index (χ1n) is 24.2. The number of unbranched alkanes of at least 4 members (excludes halogenated alkanes) is 11. The van der Waals surface area contributed by atoms with Crippen LogP contribution in [0.1, 0.15) is 148 Å². The molecule has 0 saturated heterocycles. The van der Waals surface area contributed by atoms with Gasteiger partial charge in [-0.2, -0.15) is 11.8 Å². The van der Waals surface area contributed by atoms with Crippen molar-refractivity contribution >= 4 is 53.2 Å². The lowest BCUT2D eigenvalue weighted by molar-refractivity contribution is -0.142. The Labute approximate surface area is 398 Å². The van der Waals surface area contributed by atoms with Crippen LogP contribution in [0.5, 0.6) is 0 Å². The molecule has 5 atom stereocenters. The number of amides is 6. The molecule has 6 amide bonds. The zero-order valence-electron chi connectivity index (χ0n) is 40.2. The van der Waals surface area contributed by atoms with Crippen molar-refractivity contribution in [1.29, 1.82) is 0 Å². The highest BCUT2D eigenvalue weighted by molar-refractivity contribution is 7.98. The topological polar surface area (TPSA) is 226 Å². The average Bonchev–Trinajstić information content (AvgIpc) is 3.27. The van der Waals surface area contributed by atoms with Gasteiger partial charge >= 0.3 is 5.97 Å². The van der Waals surface area contributed by atoms with E-state index >= 15 is 0 Å². The third-order valence-electron chi connectivity index (χ3n) is 11.4. The molecule has 0 saturated carbocycles. The molecule has 0 heterocycles. The van der Waals surface area contributed by atoms with Crippen LogP contribution in [0.3, 0.4) is 0 Å². The van der Waals surface area contributed by atoms with Crippen molar-refractivity contribution in [2.24, 2.45) is 17.6 Å². The lowest BCUT2D eigenvalue weighted by Gasteiger charge is -2.26. The lowest BCUT2D eigenvalue weighted by atomic mass is 9.99. The number of carbonyl (C=O) groups is 7. The van der Waals surface area contributed by atoms with Crippen LogP contribution >= 0.6 is 11.8 Å². The number of rotatable bonds is 36. The van der Waals surface area contributed by atoms with Crippen LogP contribution in [0.2, 0.25) is 0 Å². The number of primary amides is 1. The van der Waals surface area contributed by atoms with Gasteiger partial charge in [0.15, 0.2) is 0 Å². The monoisotopic (exact) mass is 937 g/mol.